The molecule has 0 fully saturated rings. The maximum absolute atomic E-state index is 11.9. The van der Waals surface area contributed by atoms with Crippen molar-refractivity contribution < 1.29 is 14.6 Å². The second kappa shape index (κ2) is 6.76. The van der Waals surface area contributed by atoms with Crippen molar-refractivity contribution in [2.45, 2.75) is 12.5 Å². The van der Waals surface area contributed by atoms with E-state index in [1.165, 1.54) is 0 Å². The van der Waals surface area contributed by atoms with Gasteiger partial charge in [-0.25, -0.2) is 0 Å². The van der Waals surface area contributed by atoms with Gasteiger partial charge >= 0.3 is 0 Å². The van der Waals surface area contributed by atoms with Gasteiger partial charge in [0.1, 0.15) is 5.75 Å². The van der Waals surface area contributed by atoms with E-state index in [2.05, 4.69) is 5.32 Å². The molecule has 0 aliphatic carbocycles. The molecule has 0 aliphatic heterocycles. The van der Waals surface area contributed by atoms with Crippen molar-refractivity contribution in [3.05, 3.63) is 54.1 Å². The number of nitrogens with one attached hydrogen (secondary N) is 1. The molecule has 0 unspecified atom stereocenters. The summed E-state index contributed by atoms with van der Waals surface area (Å²) >= 11 is 0. The molecule has 2 aromatic rings. The number of amides is 1. The Morgan fingerprint density at radius 1 is 1.29 bits per heavy atom. The molecule has 110 valence electrons. The highest BCUT2D eigenvalue weighted by molar-refractivity contribution is 5.91. The summed E-state index contributed by atoms with van der Waals surface area (Å²) in [6, 6.07) is 13.9. The first-order valence-corrected chi connectivity index (χ1v) is 6.56. The Morgan fingerprint density at radius 3 is 2.62 bits per heavy atom. The van der Waals surface area contributed by atoms with E-state index in [9.17, 15) is 9.90 Å². The van der Waals surface area contributed by atoms with Gasteiger partial charge in [-0.05, 0) is 42.0 Å². The Hall–Kier alpha value is -2.53. The van der Waals surface area contributed by atoms with Gasteiger partial charge in [0.05, 0.1) is 19.6 Å². The fraction of sp³-hybridized carbons (Fsp3) is 0.188. The topological polar surface area (TPSA) is 84.6 Å². The van der Waals surface area contributed by atoms with E-state index in [4.69, 9.17) is 10.5 Å². The molecule has 2 rings (SSSR count). The summed E-state index contributed by atoms with van der Waals surface area (Å²) in [5.41, 5.74) is 7.49. The largest absolute Gasteiger partial charge is 0.497 e. The standard InChI is InChI=1S/C16H18N2O3/c1-21-14-7-5-13(6-8-14)18-16(20)10-15(19)11-3-2-4-12(17)9-11/h2-9,15,19H,10,17H2,1H3,(H,18,20)/t15-/m1/s1. The van der Waals surface area contributed by atoms with Crippen LogP contribution in [0.4, 0.5) is 11.4 Å². The average Bonchev–Trinajstić information content (AvgIpc) is 2.48. The zero-order chi connectivity index (χ0) is 15.2. The van der Waals surface area contributed by atoms with Crippen LogP contribution < -0.4 is 15.8 Å². The molecular weight excluding hydrogens is 268 g/mol. The lowest BCUT2D eigenvalue weighted by Crippen LogP contribution is -2.15. The number of methoxy groups -OCH3 is 1. The minimum atomic E-state index is -0.883. The zero-order valence-corrected chi connectivity index (χ0v) is 11.7. The summed E-state index contributed by atoms with van der Waals surface area (Å²) in [5.74, 6) is 0.447. The van der Waals surface area contributed by atoms with E-state index in [1.807, 2.05) is 0 Å². The fourth-order valence-electron chi connectivity index (χ4n) is 1.95. The van der Waals surface area contributed by atoms with Crippen LogP contribution in [0.1, 0.15) is 18.1 Å². The van der Waals surface area contributed by atoms with Crippen LogP contribution >= 0.6 is 0 Å². The van der Waals surface area contributed by atoms with E-state index in [-0.39, 0.29) is 12.3 Å². The van der Waals surface area contributed by atoms with Gasteiger partial charge in [-0.1, -0.05) is 12.1 Å². The van der Waals surface area contributed by atoms with E-state index in [1.54, 1.807) is 55.6 Å². The summed E-state index contributed by atoms with van der Waals surface area (Å²) < 4.78 is 5.04. The maximum Gasteiger partial charge on any atom is 0.227 e. The van der Waals surface area contributed by atoms with Crippen molar-refractivity contribution in [3.8, 4) is 5.75 Å². The number of nitrogen functional groups attached to an aromatic ring is 1. The van der Waals surface area contributed by atoms with Crippen molar-refractivity contribution in [2.75, 3.05) is 18.2 Å². The highest BCUT2D eigenvalue weighted by Crippen LogP contribution is 2.20. The molecule has 0 aliphatic rings. The van der Waals surface area contributed by atoms with Crippen LogP contribution in [-0.2, 0) is 4.79 Å². The summed E-state index contributed by atoms with van der Waals surface area (Å²) in [7, 11) is 1.58. The molecule has 0 aromatic heterocycles. The van der Waals surface area contributed by atoms with Gasteiger partial charge in [0, 0.05) is 11.4 Å². The zero-order valence-electron chi connectivity index (χ0n) is 11.7. The van der Waals surface area contributed by atoms with Crippen LogP contribution in [0.3, 0.4) is 0 Å². The van der Waals surface area contributed by atoms with Crippen molar-refractivity contribution in [2.24, 2.45) is 0 Å². The predicted molar refractivity (Wildman–Crippen MR) is 82.1 cm³/mol. The van der Waals surface area contributed by atoms with E-state index >= 15 is 0 Å². The maximum atomic E-state index is 11.9. The number of carbonyl (C=O) groups is 1. The third-order valence-electron chi connectivity index (χ3n) is 3.05. The Balaban J connectivity index is 1.94. The molecule has 0 bridgehead atoms. The van der Waals surface area contributed by atoms with Gasteiger partial charge in [0.25, 0.3) is 0 Å². The van der Waals surface area contributed by atoms with E-state index in [0.29, 0.717) is 22.7 Å². The number of carbonyl (C=O) groups excluding carboxylic acids is 1. The molecule has 0 saturated heterocycles. The molecule has 0 spiro atoms. The summed E-state index contributed by atoms with van der Waals surface area (Å²) in [4.78, 5) is 11.9. The average molecular weight is 286 g/mol. The molecule has 5 nitrogen and oxygen atoms in total. The normalized spacial score (nSPS) is 11.7. The first kappa shape index (κ1) is 14.9. The molecule has 21 heavy (non-hydrogen) atoms. The molecule has 2 aromatic carbocycles. The van der Waals surface area contributed by atoms with Crippen molar-refractivity contribution in [1.82, 2.24) is 0 Å². The molecular formula is C16H18N2O3. The van der Waals surface area contributed by atoms with Gasteiger partial charge in [0.2, 0.25) is 5.91 Å². The smallest absolute Gasteiger partial charge is 0.227 e. The van der Waals surface area contributed by atoms with E-state index < -0.39 is 6.10 Å². The first-order valence-electron chi connectivity index (χ1n) is 6.56. The van der Waals surface area contributed by atoms with Crippen molar-refractivity contribution in [1.29, 1.82) is 0 Å². The molecule has 0 saturated carbocycles. The van der Waals surface area contributed by atoms with Crippen LogP contribution in [-0.4, -0.2) is 18.1 Å². The molecule has 0 radical (unpaired) electrons. The second-order valence-corrected chi connectivity index (χ2v) is 4.67. The Bertz CT molecular complexity index is 611. The Labute approximate surface area is 123 Å². The highest BCUT2D eigenvalue weighted by Gasteiger charge is 2.13. The molecule has 5 heteroatoms. The van der Waals surface area contributed by atoms with Gasteiger partial charge in [-0.2, -0.15) is 0 Å². The van der Waals surface area contributed by atoms with Gasteiger partial charge in [0.15, 0.2) is 0 Å². The van der Waals surface area contributed by atoms with Crippen LogP contribution in [0.15, 0.2) is 48.5 Å². The van der Waals surface area contributed by atoms with Crippen molar-refractivity contribution >= 4 is 17.3 Å². The SMILES string of the molecule is COc1ccc(NC(=O)C[C@@H](O)c2cccc(N)c2)cc1. The summed E-state index contributed by atoms with van der Waals surface area (Å²) in [6.07, 6.45) is -0.915. The number of aliphatic hydroxyl groups is 1. The minimum Gasteiger partial charge on any atom is -0.497 e. The number of ether oxygens (including phenoxy) is 1. The lowest BCUT2D eigenvalue weighted by molar-refractivity contribution is -0.118. The number of aliphatic hydroxyl groups excluding tert-OH is 1. The summed E-state index contributed by atoms with van der Waals surface area (Å²) in [6.45, 7) is 0. The van der Waals surface area contributed by atoms with Crippen LogP contribution in [0, 0.1) is 0 Å². The quantitative estimate of drug-likeness (QED) is 0.737. The van der Waals surface area contributed by atoms with Crippen molar-refractivity contribution in [3.63, 3.8) is 0 Å². The third-order valence-corrected chi connectivity index (χ3v) is 3.05. The van der Waals surface area contributed by atoms with E-state index in [0.717, 1.165) is 0 Å². The molecule has 1 atom stereocenters. The fourth-order valence-corrected chi connectivity index (χ4v) is 1.95. The third kappa shape index (κ3) is 4.22. The Kier molecular flexibility index (Phi) is 4.79. The van der Waals surface area contributed by atoms with Crippen LogP contribution in [0.5, 0.6) is 5.75 Å². The summed E-state index contributed by atoms with van der Waals surface area (Å²) in [5, 5.41) is 12.8. The van der Waals surface area contributed by atoms with Gasteiger partial charge in [-0.15, -0.1) is 0 Å². The number of hydrogen-bond acceptors (Lipinski definition) is 4. The molecule has 0 heterocycles. The monoisotopic (exact) mass is 286 g/mol. The number of benzene rings is 2. The number of rotatable bonds is 5. The Morgan fingerprint density at radius 2 is 2.00 bits per heavy atom. The first-order chi connectivity index (χ1) is 10.1. The van der Waals surface area contributed by atoms with Gasteiger partial charge < -0.3 is 20.9 Å². The molecule has 1 amide bonds. The van der Waals surface area contributed by atoms with Crippen LogP contribution in [0.25, 0.3) is 0 Å². The lowest BCUT2D eigenvalue weighted by atomic mass is 10.1. The predicted octanol–water partition coefficient (Wildman–Crippen LogP) is 2.34. The molecule has 4 N–H and O–H groups in total. The minimum absolute atomic E-state index is 0.0323. The number of nitrogens with two attached hydrogens (primary N) is 1. The van der Waals surface area contributed by atoms with Crippen LogP contribution in [0.2, 0.25) is 0 Å². The highest BCUT2D eigenvalue weighted by atomic mass is 16.5. The van der Waals surface area contributed by atoms with Gasteiger partial charge in [-0.3, -0.25) is 4.79 Å². The number of hydrogen-bond donors (Lipinski definition) is 3. The lowest BCUT2D eigenvalue weighted by Gasteiger charge is -2.12. The number of anilines is 2. The second-order valence-electron chi connectivity index (χ2n) is 4.67.